The van der Waals surface area contributed by atoms with E-state index in [0.717, 1.165) is 12.1 Å². The van der Waals surface area contributed by atoms with E-state index in [1.54, 1.807) is 37.3 Å². The number of alkyl halides is 5. The third-order valence-electron chi connectivity index (χ3n) is 4.24. The number of nitrogens with one attached hydrogen (secondary N) is 1. The molecule has 0 spiro atoms. The maximum Gasteiger partial charge on any atom is 0.422 e. The Morgan fingerprint density at radius 3 is 2.53 bits per heavy atom. The lowest BCUT2D eigenvalue weighted by Gasteiger charge is -2.14. The van der Waals surface area contributed by atoms with Gasteiger partial charge >= 0.3 is 12.8 Å². The Morgan fingerprint density at radius 2 is 1.85 bits per heavy atom. The molecule has 0 aliphatic heterocycles. The highest BCUT2D eigenvalue weighted by atomic mass is 19.4. The van der Waals surface area contributed by atoms with Crippen LogP contribution in [0.25, 0.3) is 11.5 Å². The molecule has 0 aliphatic rings. The normalized spacial score (nSPS) is 12.4. The van der Waals surface area contributed by atoms with Gasteiger partial charge in [-0.2, -0.15) is 22.0 Å². The Labute approximate surface area is 190 Å². The van der Waals surface area contributed by atoms with Crippen LogP contribution in [-0.4, -0.2) is 36.4 Å². The highest BCUT2D eigenvalue weighted by Crippen LogP contribution is 2.34. The van der Waals surface area contributed by atoms with Crippen LogP contribution in [0, 0.1) is 0 Å². The molecule has 1 aromatic heterocycles. The molecule has 2 aromatic carbocycles. The van der Waals surface area contributed by atoms with Gasteiger partial charge in [-0.3, -0.25) is 9.63 Å². The predicted octanol–water partition coefficient (Wildman–Crippen LogP) is 5.18. The molecule has 34 heavy (non-hydrogen) atoms. The third-order valence-corrected chi connectivity index (χ3v) is 4.24. The second-order valence-electron chi connectivity index (χ2n) is 7.02. The number of oxazole rings is 1. The average Bonchev–Trinajstić information content (AvgIpc) is 3.25. The Morgan fingerprint density at radius 1 is 1.12 bits per heavy atom. The lowest BCUT2D eigenvalue weighted by molar-refractivity contribution is -0.154. The second kappa shape index (κ2) is 11.0. The number of rotatable bonds is 10. The number of hydrogen-bond acceptors (Lipinski definition) is 6. The molecule has 0 aliphatic carbocycles. The maximum atomic E-state index is 12.6. The van der Waals surface area contributed by atoms with Crippen molar-refractivity contribution in [3.8, 4) is 23.0 Å². The first-order valence-corrected chi connectivity index (χ1v) is 9.85. The van der Waals surface area contributed by atoms with Gasteiger partial charge in [0, 0.05) is 17.5 Å². The smallest absolute Gasteiger partial charge is 0.422 e. The van der Waals surface area contributed by atoms with Crippen molar-refractivity contribution in [2.75, 3.05) is 6.61 Å². The number of aromatic nitrogens is 1. The van der Waals surface area contributed by atoms with Crippen LogP contribution in [0.3, 0.4) is 0 Å². The van der Waals surface area contributed by atoms with Crippen molar-refractivity contribution in [3.63, 3.8) is 0 Å². The summed E-state index contributed by atoms with van der Waals surface area (Å²) in [6.45, 7) is -3.27. The van der Waals surface area contributed by atoms with Crippen molar-refractivity contribution in [3.05, 3.63) is 66.1 Å². The summed E-state index contributed by atoms with van der Waals surface area (Å²) in [6.07, 6.45) is -3.66. The SMILES string of the molecule is CC(Cc1coc(-c2ccc(OC(F)F)c(OCC(F)(F)F)c2)n1)ONC(=O)c1ccccc1. The van der Waals surface area contributed by atoms with Crippen LogP contribution in [0.1, 0.15) is 23.0 Å². The number of hydroxylamine groups is 1. The van der Waals surface area contributed by atoms with E-state index in [0.29, 0.717) is 11.3 Å². The van der Waals surface area contributed by atoms with Crippen molar-refractivity contribution in [2.45, 2.75) is 32.2 Å². The van der Waals surface area contributed by atoms with Crippen LogP contribution >= 0.6 is 0 Å². The van der Waals surface area contributed by atoms with Crippen LogP contribution < -0.4 is 15.0 Å². The number of benzene rings is 2. The van der Waals surface area contributed by atoms with Crippen LogP contribution in [-0.2, 0) is 11.3 Å². The fourth-order valence-electron chi connectivity index (χ4n) is 2.78. The molecule has 182 valence electrons. The molecule has 0 radical (unpaired) electrons. The van der Waals surface area contributed by atoms with E-state index in [4.69, 9.17) is 9.25 Å². The summed E-state index contributed by atoms with van der Waals surface area (Å²) < 4.78 is 76.8. The minimum Gasteiger partial charge on any atom is -0.480 e. The summed E-state index contributed by atoms with van der Waals surface area (Å²) in [5.41, 5.74) is 3.35. The van der Waals surface area contributed by atoms with E-state index in [9.17, 15) is 26.7 Å². The van der Waals surface area contributed by atoms with E-state index in [1.165, 1.54) is 12.3 Å². The Hall–Kier alpha value is -3.67. The Kier molecular flexibility index (Phi) is 8.05. The molecule has 1 heterocycles. The topological polar surface area (TPSA) is 82.8 Å². The maximum absolute atomic E-state index is 12.6. The van der Waals surface area contributed by atoms with E-state index < -0.39 is 42.9 Å². The van der Waals surface area contributed by atoms with Gasteiger partial charge in [0.15, 0.2) is 18.1 Å². The van der Waals surface area contributed by atoms with Gasteiger partial charge in [-0.15, -0.1) is 0 Å². The fraction of sp³-hybridized carbons (Fsp3) is 0.273. The number of ether oxygens (including phenoxy) is 2. The van der Waals surface area contributed by atoms with E-state index >= 15 is 0 Å². The number of amides is 1. The summed E-state index contributed by atoms with van der Waals surface area (Å²) in [5, 5.41) is 0. The summed E-state index contributed by atoms with van der Waals surface area (Å²) in [5.74, 6) is -1.53. The minimum absolute atomic E-state index is 0.0102. The van der Waals surface area contributed by atoms with E-state index in [2.05, 4.69) is 19.9 Å². The predicted molar refractivity (Wildman–Crippen MR) is 108 cm³/mol. The zero-order valence-corrected chi connectivity index (χ0v) is 17.6. The Balaban J connectivity index is 1.65. The van der Waals surface area contributed by atoms with Crippen molar-refractivity contribution in [1.82, 2.24) is 10.5 Å². The molecule has 1 amide bonds. The van der Waals surface area contributed by atoms with Crippen molar-refractivity contribution < 1.29 is 45.5 Å². The summed E-state index contributed by atoms with van der Waals surface area (Å²) in [4.78, 5) is 21.6. The van der Waals surface area contributed by atoms with E-state index in [-0.39, 0.29) is 17.9 Å². The molecule has 12 heteroatoms. The average molecular weight is 486 g/mol. The zero-order chi connectivity index (χ0) is 24.7. The molecule has 7 nitrogen and oxygen atoms in total. The third kappa shape index (κ3) is 7.44. The summed E-state index contributed by atoms with van der Waals surface area (Å²) in [6, 6.07) is 11.8. The molecule has 0 bridgehead atoms. The highest BCUT2D eigenvalue weighted by Gasteiger charge is 2.29. The van der Waals surface area contributed by atoms with Gasteiger partial charge in [-0.05, 0) is 37.3 Å². The van der Waals surface area contributed by atoms with Gasteiger partial charge in [0.1, 0.15) is 6.26 Å². The van der Waals surface area contributed by atoms with Gasteiger partial charge in [0.25, 0.3) is 5.91 Å². The van der Waals surface area contributed by atoms with E-state index in [1.807, 2.05) is 0 Å². The van der Waals surface area contributed by atoms with Gasteiger partial charge < -0.3 is 13.9 Å². The number of hydrogen-bond donors (Lipinski definition) is 1. The largest absolute Gasteiger partial charge is 0.480 e. The Bertz CT molecular complexity index is 1090. The van der Waals surface area contributed by atoms with Crippen molar-refractivity contribution >= 4 is 5.91 Å². The number of nitrogens with zero attached hydrogens (tertiary/aromatic N) is 1. The summed E-state index contributed by atoms with van der Waals surface area (Å²) >= 11 is 0. The molecule has 1 atom stereocenters. The molecule has 3 aromatic rings. The van der Waals surface area contributed by atoms with Gasteiger partial charge in [0.05, 0.1) is 11.8 Å². The number of carbonyl (C=O) groups excluding carboxylic acids is 1. The lowest BCUT2D eigenvalue weighted by Crippen LogP contribution is -2.29. The zero-order valence-electron chi connectivity index (χ0n) is 17.6. The highest BCUT2D eigenvalue weighted by molar-refractivity contribution is 5.93. The molecule has 0 saturated carbocycles. The minimum atomic E-state index is -4.68. The van der Waals surface area contributed by atoms with Gasteiger partial charge in [0.2, 0.25) is 5.89 Å². The van der Waals surface area contributed by atoms with Crippen LogP contribution in [0.15, 0.2) is 59.2 Å². The second-order valence-corrected chi connectivity index (χ2v) is 7.02. The molecule has 0 fully saturated rings. The molecular formula is C22H19F5N2O5. The van der Waals surface area contributed by atoms with Crippen LogP contribution in [0.4, 0.5) is 22.0 Å². The monoisotopic (exact) mass is 486 g/mol. The molecule has 0 saturated heterocycles. The number of halogens is 5. The van der Waals surface area contributed by atoms with Crippen LogP contribution in [0.5, 0.6) is 11.5 Å². The first kappa shape index (κ1) is 25.0. The molecule has 1 N–H and O–H groups in total. The summed E-state index contributed by atoms with van der Waals surface area (Å²) in [7, 11) is 0. The van der Waals surface area contributed by atoms with Gasteiger partial charge in [-0.25, -0.2) is 10.5 Å². The van der Waals surface area contributed by atoms with Crippen LogP contribution in [0.2, 0.25) is 0 Å². The van der Waals surface area contributed by atoms with Crippen molar-refractivity contribution in [1.29, 1.82) is 0 Å². The quantitative estimate of drug-likeness (QED) is 0.314. The van der Waals surface area contributed by atoms with Crippen molar-refractivity contribution in [2.24, 2.45) is 0 Å². The number of carbonyl (C=O) groups is 1. The molecule has 1 unspecified atom stereocenters. The fourth-order valence-corrected chi connectivity index (χ4v) is 2.78. The first-order chi connectivity index (χ1) is 16.1. The standard InChI is InChI=1S/C22H19F5N2O5/c1-13(34-29-19(30)14-5-3-2-4-6-14)9-16-11-31-20(28-16)15-7-8-17(33-21(23)24)18(10-15)32-12-22(25,26)27/h2-8,10-11,13,21H,9,12H2,1H3,(H,29,30). The van der Waals surface area contributed by atoms with Gasteiger partial charge in [-0.1, -0.05) is 18.2 Å². The molecular weight excluding hydrogens is 467 g/mol. The molecule has 3 rings (SSSR count). The lowest BCUT2D eigenvalue weighted by atomic mass is 10.2. The first-order valence-electron chi connectivity index (χ1n) is 9.85.